The molecule has 2 aromatic carbocycles. The second kappa shape index (κ2) is 5.57. The molecule has 4 nitrogen and oxygen atoms in total. The van der Waals surface area contributed by atoms with E-state index in [0.29, 0.717) is 10.8 Å². The van der Waals surface area contributed by atoms with Crippen molar-refractivity contribution in [2.24, 2.45) is 0 Å². The topological polar surface area (TPSA) is 55.4 Å². The van der Waals surface area contributed by atoms with E-state index in [-0.39, 0.29) is 4.90 Å². The smallest absolute Gasteiger partial charge is 0.241 e. The summed E-state index contributed by atoms with van der Waals surface area (Å²) in [5.74, 6) is 0.693. The second-order valence-corrected chi connectivity index (χ2v) is 7.46. The Morgan fingerprint density at radius 3 is 2.32 bits per heavy atom. The number of methoxy groups -OCH3 is 1. The van der Waals surface area contributed by atoms with Crippen molar-refractivity contribution in [1.29, 1.82) is 0 Å². The van der Waals surface area contributed by atoms with Gasteiger partial charge in [-0.15, -0.1) is 0 Å². The highest BCUT2D eigenvalue weighted by Gasteiger charge is 2.49. The fraction of sp³-hybridized carbons (Fsp3) is 0.250. The highest BCUT2D eigenvalue weighted by Crippen LogP contribution is 2.49. The van der Waals surface area contributed by atoms with Crippen molar-refractivity contribution >= 4 is 21.6 Å². The van der Waals surface area contributed by atoms with Gasteiger partial charge in [-0.2, -0.15) is 0 Å². The van der Waals surface area contributed by atoms with Gasteiger partial charge in [-0.3, -0.25) is 0 Å². The van der Waals surface area contributed by atoms with E-state index < -0.39 is 15.6 Å². The normalized spacial score (nSPS) is 16.3. The third-order valence-corrected chi connectivity index (χ3v) is 5.63. The fourth-order valence-electron chi connectivity index (χ4n) is 2.52. The molecule has 0 unspecified atom stereocenters. The van der Waals surface area contributed by atoms with E-state index in [0.717, 1.165) is 18.4 Å². The molecule has 0 amide bonds. The van der Waals surface area contributed by atoms with Gasteiger partial charge in [0.05, 0.1) is 17.5 Å². The summed E-state index contributed by atoms with van der Waals surface area (Å²) >= 11 is 5.81. The van der Waals surface area contributed by atoms with Crippen LogP contribution in [0.15, 0.2) is 53.4 Å². The van der Waals surface area contributed by atoms with Gasteiger partial charge in [0.15, 0.2) is 0 Å². The van der Waals surface area contributed by atoms with Crippen molar-refractivity contribution in [3.8, 4) is 5.75 Å². The standard InChI is InChI=1S/C16H16ClNO3S/c1-21-15-5-3-2-4-14(15)16(10-11-16)18-22(19,20)13-8-6-12(17)7-9-13/h2-9,18H,10-11H2,1H3. The van der Waals surface area contributed by atoms with Crippen molar-refractivity contribution in [2.75, 3.05) is 7.11 Å². The van der Waals surface area contributed by atoms with E-state index in [1.165, 1.54) is 12.1 Å². The molecule has 22 heavy (non-hydrogen) atoms. The molecule has 0 radical (unpaired) electrons. The Balaban J connectivity index is 1.93. The summed E-state index contributed by atoms with van der Waals surface area (Å²) in [4.78, 5) is 0.207. The quantitative estimate of drug-likeness (QED) is 0.910. The summed E-state index contributed by atoms with van der Waals surface area (Å²) in [6.07, 6.45) is 1.50. The molecule has 1 aliphatic rings. The SMILES string of the molecule is COc1ccccc1C1(NS(=O)(=O)c2ccc(Cl)cc2)CC1. The lowest BCUT2D eigenvalue weighted by Crippen LogP contribution is -2.35. The third kappa shape index (κ3) is 2.84. The van der Waals surface area contributed by atoms with Crippen LogP contribution in [0.4, 0.5) is 0 Å². The van der Waals surface area contributed by atoms with Crippen LogP contribution in [0.1, 0.15) is 18.4 Å². The van der Waals surface area contributed by atoms with Gasteiger partial charge in [-0.05, 0) is 43.2 Å². The lowest BCUT2D eigenvalue weighted by atomic mass is 10.1. The number of para-hydroxylation sites is 1. The average Bonchev–Trinajstić information content (AvgIpc) is 3.27. The van der Waals surface area contributed by atoms with Gasteiger partial charge in [-0.25, -0.2) is 13.1 Å². The van der Waals surface area contributed by atoms with Gasteiger partial charge in [0.2, 0.25) is 10.0 Å². The predicted molar refractivity (Wildman–Crippen MR) is 85.7 cm³/mol. The Labute approximate surface area is 135 Å². The molecular formula is C16H16ClNO3S. The number of halogens is 1. The van der Waals surface area contributed by atoms with Gasteiger partial charge >= 0.3 is 0 Å². The first-order valence-electron chi connectivity index (χ1n) is 6.90. The minimum Gasteiger partial charge on any atom is -0.496 e. The first-order valence-corrected chi connectivity index (χ1v) is 8.76. The molecule has 0 saturated heterocycles. The number of nitrogens with one attached hydrogen (secondary N) is 1. The Morgan fingerprint density at radius 2 is 1.73 bits per heavy atom. The van der Waals surface area contributed by atoms with Gasteiger partial charge in [0.25, 0.3) is 0 Å². The lowest BCUT2D eigenvalue weighted by molar-refractivity contribution is 0.401. The van der Waals surface area contributed by atoms with Gasteiger partial charge in [-0.1, -0.05) is 29.8 Å². The number of hydrogen-bond acceptors (Lipinski definition) is 3. The number of rotatable bonds is 5. The monoisotopic (exact) mass is 337 g/mol. The van der Waals surface area contributed by atoms with Crippen LogP contribution in [0.5, 0.6) is 5.75 Å². The zero-order valence-electron chi connectivity index (χ0n) is 12.0. The number of hydrogen-bond donors (Lipinski definition) is 1. The van der Waals surface area contributed by atoms with Gasteiger partial charge in [0.1, 0.15) is 5.75 Å². The first kappa shape index (κ1) is 15.3. The molecule has 1 saturated carbocycles. The molecule has 0 aromatic heterocycles. The minimum atomic E-state index is -3.61. The Kier molecular flexibility index (Phi) is 3.89. The molecular weight excluding hydrogens is 322 g/mol. The van der Waals surface area contributed by atoms with E-state index in [4.69, 9.17) is 16.3 Å². The van der Waals surface area contributed by atoms with Crippen molar-refractivity contribution < 1.29 is 13.2 Å². The maximum atomic E-state index is 12.6. The Morgan fingerprint density at radius 1 is 1.09 bits per heavy atom. The molecule has 3 rings (SSSR count). The van der Waals surface area contributed by atoms with Crippen LogP contribution >= 0.6 is 11.6 Å². The second-order valence-electron chi connectivity index (χ2n) is 5.34. The van der Waals surface area contributed by atoms with Gasteiger partial charge in [0, 0.05) is 10.6 Å². The summed E-state index contributed by atoms with van der Waals surface area (Å²) in [5, 5.41) is 0.504. The number of sulfonamides is 1. The lowest BCUT2D eigenvalue weighted by Gasteiger charge is -2.20. The molecule has 1 fully saturated rings. The molecule has 1 aliphatic carbocycles. The maximum absolute atomic E-state index is 12.6. The largest absolute Gasteiger partial charge is 0.496 e. The van der Waals surface area contributed by atoms with Crippen LogP contribution in [0.25, 0.3) is 0 Å². The van der Waals surface area contributed by atoms with Crippen molar-refractivity contribution in [3.63, 3.8) is 0 Å². The van der Waals surface area contributed by atoms with E-state index >= 15 is 0 Å². The summed E-state index contributed by atoms with van der Waals surface area (Å²) < 4.78 is 33.3. The zero-order chi connectivity index (χ0) is 15.8. The van der Waals surface area contributed by atoms with E-state index in [1.54, 1.807) is 19.2 Å². The van der Waals surface area contributed by atoms with Crippen LogP contribution < -0.4 is 9.46 Å². The average molecular weight is 338 g/mol. The van der Waals surface area contributed by atoms with Crippen LogP contribution in [0, 0.1) is 0 Å². The predicted octanol–water partition coefficient (Wildman–Crippen LogP) is 3.32. The first-order chi connectivity index (χ1) is 10.5. The Bertz CT molecular complexity index is 783. The van der Waals surface area contributed by atoms with E-state index in [1.807, 2.05) is 24.3 Å². The highest BCUT2D eigenvalue weighted by atomic mass is 35.5. The van der Waals surface area contributed by atoms with Crippen LogP contribution in [0.3, 0.4) is 0 Å². The third-order valence-electron chi connectivity index (χ3n) is 3.83. The van der Waals surface area contributed by atoms with E-state index in [9.17, 15) is 8.42 Å². The fourth-order valence-corrected chi connectivity index (χ4v) is 4.09. The van der Waals surface area contributed by atoms with E-state index in [2.05, 4.69) is 4.72 Å². The van der Waals surface area contributed by atoms with Crippen LogP contribution in [0.2, 0.25) is 5.02 Å². The summed E-state index contributed by atoms with van der Waals surface area (Å²) in [7, 11) is -2.02. The molecule has 1 N–H and O–H groups in total. The number of benzene rings is 2. The Hall–Kier alpha value is -1.56. The molecule has 6 heteroatoms. The van der Waals surface area contributed by atoms with Crippen LogP contribution in [-0.4, -0.2) is 15.5 Å². The molecule has 0 heterocycles. The summed E-state index contributed by atoms with van der Waals surface area (Å²) in [6, 6.07) is 13.6. The molecule has 0 spiro atoms. The molecule has 2 aromatic rings. The maximum Gasteiger partial charge on any atom is 0.241 e. The summed E-state index contributed by atoms with van der Waals surface area (Å²) in [6.45, 7) is 0. The van der Waals surface area contributed by atoms with Crippen molar-refractivity contribution in [3.05, 3.63) is 59.1 Å². The number of ether oxygens (including phenoxy) is 1. The highest BCUT2D eigenvalue weighted by molar-refractivity contribution is 7.89. The molecule has 116 valence electrons. The molecule has 0 aliphatic heterocycles. The van der Waals surface area contributed by atoms with Crippen molar-refractivity contribution in [2.45, 2.75) is 23.3 Å². The minimum absolute atomic E-state index is 0.207. The molecule has 0 bridgehead atoms. The zero-order valence-corrected chi connectivity index (χ0v) is 13.6. The van der Waals surface area contributed by atoms with Gasteiger partial charge < -0.3 is 4.74 Å². The van der Waals surface area contributed by atoms with Crippen molar-refractivity contribution in [1.82, 2.24) is 4.72 Å². The van der Waals surface area contributed by atoms with Crippen LogP contribution in [-0.2, 0) is 15.6 Å². The molecule has 0 atom stereocenters. The summed E-state index contributed by atoms with van der Waals surface area (Å²) in [5.41, 5.74) is 0.292.